The zero-order valence-corrected chi connectivity index (χ0v) is 20.4. The van der Waals surface area contributed by atoms with E-state index in [2.05, 4.69) is 35.7 Å². The second kappa shape index (κ2) is 8.90. The lowest BCUT2D eigenvalue weighted by molar-refractivity contribution is 0.569. The molecular weight excluding hydrogens is 490 g/mol. The van der Waals surface area contributed by atoms with Crippen LogP contribution < -0.4 is 10.2 Å². The number of rotatable bonds is 7. The molecule has 4 aromatic rings. The number of halogens is 2. The van der Waals surface area contributed by atoms with E-state index in [4.69, 9.17) is 0 Å². The molecular formula is C23H22F2N8O2S. The van der Waals surface area contributed by atoms with Gasteiger partial charge in [-0.3, -0.25) is 5.10 Å². The molecule has 1 aliphatic carbocycles. The summed E-state index contributed by atoms with van der Waals surface area (Å²) >= 11 is 0. The van der Waals surface area contributed by atoms with Gasteiger partial charge in [-0.25, -0.2) is 22.2 Å². The number of anilines is 4. The van der Waals surface area contributed by atoms with Gasteiger partial charge in [-0.2, -0.15) is 20.3 Å². The topological polar surface area (TPSA) is 130 Å². The van der Waals surface area contributed by atoms with Crippen molar-refractivity contribution < 1.29 is 17.2 Å². The number of hydrogen-bond donors (Lipinski definition) is 2. The SMILES string of the molecule is Cc1cc(Nc2nc(N(C)c3c(F)cc(S(C)(=O)=O)cc3F)nc(-c3ccnnc3)c2C2CC2)n[nH]1. The second-order valence-corrected chi connectivity index (χ2v) is 10.7. The lowest BCUT2D eigenvalue weighted by Crippen LogP contribution is -2.19. The highest BCUT2D eigenvalue weighted by Crippen LogP contribution is 2.48. The van der Waals surface area contributed by atoms with Gasteiger partial charge >= 0.3 is 0 Å². The normalized spacial score (nSPS) is 13.6. The Morgan fingerprint density at radius 1 is 1.11 bits per heavy atom. The van der Waals surface area contributed by atoms with E-state index < -0.39 is 32.1 Å². The Morgan fingerprint density at radius 3 is 2.39 bits per heavy atom. The first kappa shape index (κ1) is 23.7. The molecule has 3 aromatic heterocycles. The van der Waals surface area contributed by atoms with Gasteiger partial charge in [0.2, 0.25) is 5.95 Å². The molecule has 5 rings (SSSR count). The molecule has 0 aliphatic heterocycles. The van der Waals surface area contributed by atoms with E-state index in [1.807, 2.05) is 6.92 Å². The quantitative estimate of drug-likeness (QED) is 0.377. The number of H-pyrrole nitrogens is 1. The average molecular weight is 513 g/mol. The van der Waals surface area contributed by atoms with E-state index in [9.17, 15) is 8.42 Å². The van der Waals surface area contributed by atoms with E-state index in [0.717, 1.165) is 47.4 Å². The Balaban J connectivity index is 1.68. The zero-order valence-electron chi connectivity index (χ0n) is 19.6. The van der Waals surface area contributed by atoms with Crippen LogP contribution in [0, 0.1) is 18.6 Å². The van der Waals surface area contributed by atoms with E-state index in [1.54, 1.807) is 18.3 Å². The predicted octanol–water partition coefficient (Wildman–Crippen LogP) is 4.04. The molecule has 0 radical (unpaired) electrons. The van der Waals surface area contributed by atoms with E-state index >= 15 is 8.78 Å². The van der Waals surface area contributed by atoms with Crippen molar-refractivity contribution in [1.82, 2.24) is 30.4 Å². The third-order valence-electron chi connectivity index (χ3n) is 5.78. The minimum Gasteiger partial charge on any atom is -0.323 e. The highest BCUT2D eigenvalue weighted by Gasteiger charge is 2.33. The second-order valence-electron chi connectivity index (χ2n) is 8.67. The number of aromatic nitrogens is 6. The van der Waals surface area contributed by atoms with Crippen LogP contribution in [0.5, 0.6) is 0 Å². The molecule has 0 atom stereocenters. The van der Waals surface area contributed by atoms with Gasteiger partial charge < -0.3 is 10.2 Å². The maximum Gasteiger partial charge on any atom is 0.232 e. The molecule has 186 valence electrons. The molecule has 0 bridgehead atoms. The highest BCUT2D eigenvalue weighted by molar-refractivity contribution is 7.90. The summed E-state index contributed by atoms with van der Waals surface area (Å²) in [4.78, 5) is 9.97. The highest BCUT2D eigenvalue weighted by atomic mass is 32.2. The lowest BCUT2D eigenvalue weighted by Gasteiger charge is -2.22. The fourth-order valence-electron chi connectivity index (χ4n) is 3.89. The molecule has 36 heavy (non-hydrogen) atoms. The summed E-state index contributed by atoms with van der Waals surface area (Å²) in [6, 6.07) is 5.11. The van der Waals surface area contributed by atoms with Crippen LogP contribution in [0.4, 0.5) is 32.1 Å². The van der Waals surface area contributed by atoms with E-state index in [0.29, 0.717) is 22.9 Å². The molecule has 13 heteroatoms. The van der Waals surface area contributed by atoms with Crippen molar-refractivity contribution in [3.8, 4) is 11.3 Å². The minimum atomic E-state index is -3.81. The number of hydrogen-bond acceptors (Lipinski definition) is 9. The minimum absolute atomic E-state index is 0.00845. The van der Waals surface area contributed by atoms with Gasteiger partial charge in [0.1, 0.15) is 11.5 Å². The monoisotopic (exact) mass is 512 g/mol. The molecule has 10 nitrogen and oxygen atoms in total. The van der Waals surface area contributed by atoms with Gasteiger partial charge in [-0.1, -0.05) is 0 Å². The number of nitrogens with one attached hydrogen (secondary N) is 2. The van der Waals surface area contributed by atoms with Crippen LogP contribution in [0.2, 0.25) is 0 Å². The molecule has 0 amide bonds. The van der Waals surface area contributed by atoms with E-state index in [1.165, 1.54) is 13.2 Å². The van der Waals surface area contributed by atoms with E-state index in [-0.39, 0.29) is 11.9 Å². The first-order chi connectivity index (χ1) is 17.1. The zero-order chi connectivity index (χ0) is 25.6. The fourth-order valence-corrected chi connectivity index (χ4v) is 4.53. The number of aryl methyl sites for hydroxylation is 1. The largest absolute Gasteiger partial charge is 0.323 e. The Hall–Kier alpha value is -4.00. The summed E-state index contributed by atoms with van der Waals surface area (Å²) < 4.78 is 53.7. The summed E-state index contributed by atoms with van der Waals surface area (Å²) in [7, 11) is -2.40. The van der Waals surface area contributed by atoms with Gasteiger partial charge in [-0.15, -0.1) is 0 Å². The predicted molar refractivity (Wildman–Crippen MR) is 129 cm³/mol. The maximum atomic E-state index is 15.0. The van der Waals surface area contributed by atoms with Crippen molar-refractivity contribution in [3.63, 3.8) is 0 Å². The first-order valence-electron chi connectivity index (χ1n) is 11.0. The van der Waals surface area contributed by atoms with Crippen LogP contribution >= 0.6 is 0 Å². The van der Waals surface area contributed by atoms with Crippen molar-refractivity contribution in [2.75, 3.05) is 23.5 Å². The average Bonchev–Trinajstić information content (AvgIpc) is 3.59. The number of nitrogens with zero attached hydrogens (tertiary/aromatic N) is 6. The van der Waals surface area contributed by atoms with Crippen LogP contribution in [0.3, 0.4) is 0 Å². The lowest BCUT2D eigenvalue weighted by atomic mass is 10.0. The summed E-state index contributed by atoms with van der Waals surface area (Å²) in [5.74, 6) is -0.963. The Labute approximate surface area is 205 Å². The molecule has 0 unspecified atom stereocenters. The number of sulfone groups is 1. The molecule has 0 spiro atoms. The van der Waals surface area contributed by atoms with Crippen LogP contribution in [0.25, 0.3) is 11.3 Å². The molecule has 1 aromatic carbocycles. The van der Waals surface area contributed by atoms with Crippen LogP contribution in [0.1, 0.15) is 30.0 Å². The fraction of sp³-hybridized carbons (Fsp3) is 0.261. The Morgan fingerprint density at radius 2 is 1.83 bits per heavy atom. The van der Waals surface area contributed by atoms with Crippen LogP contribution in [-0.2, 0) is 9.84 Å². The number of benzene rings is 1. The molecule has 1 aliphatic rings. The van der Waals surface area contributed by atoms with Gasteiger partial charge in [-0.05, 0) is 43.9 Å². The molecule has 1 fully saturated rings. The number of aromatic amines is 1. The van der Waals surface area contributed by atoms with Gasteiger partial charge in [0.05, 0.1) is 23.0 Å². The Bertz CT molecular complexity index is 1530. The third-order valence-corrected chi connectivity index (χ3v) is 6.88. The van der Waals surface area contributed by atoms with Crippen molar-refractivity contribution in [3.05, 3.63) is 59.6 Å². The summed E-state index contributed by atoms with van der Waals surface area (Å²) in [5, 5.41) is 18.1. The third kappa shape index (κ3) is 4.61. The summed E-state index contributed by atoms with van der Waals surface area (Å²) in [5.41, 5.74) is 2.41. The van der Waals surface area contributed by atoms with Crippen molar-refractivity contribution in [1.29, 1.82) is 0 Å². The molecule has 3 heterocycles. The van der Waals surface area contributed by atoms with Crippen molar-refractivity contribution in [2.45, 2.75) is 30.6 Å². The maximum absolute atomic E-state index is 15.0. The standard InChI is InChI=1S/C23H22F2N8O2S/c1-12-8-18(32-31-12)28-22-19(13-4-5-13)20(14-6-7-26-27-11-14)29-23(30-22)33(2)21-16(24)9-15(10-17(21)25)36(3,34)35/h6-11,13H,4-5H2,1-3H3,(H2,28,29,30,31,32). The van der Waals surface area contributed by atoms with Gasteiger partial charge in [0, 0.05) is 36.2 Å². The molecule has 2 N–H and O–H groups in total. The Kier molecular flexibility index (Phi) is 5.86. The van der Waals surface area contributed by atoms with Gasteiger partial charge in [0.15, 0.2) is 27.3 Å². The summed E-state index contributed by atoms with van der Waals surface area (Å²) in [6.07, 6.45) is 5.85. The van der Waals surface area contributed by atoms with Crippen LogP contribution in [0.15, 0.2) is 41.6 Å². The van der Waals surface area contributed by atoms with Crippen molar-refractivity contribution >= 4 is 33.1 Å². The van der Waals surface area contributed by atoms with Gasteiger partial charge in [0.25, 0.3) is 0 Å². The first-order valence-corrected chi connectivity index (χ1v) is 12.9. The summed E-state index contributed by atoms with van der Waals surface area (Å²) in [6.45, 7) is 1.86. The van der Waals surface area contributed by atoms with Crippen molar-refractivity contribution in [2.24, 2.45) is 0 Å². The molecule has 0 saturated heterocycles. The van der Waals surface area contributed by atoms with Crippen LogP contribution in [-0.4, -0.2) is 52.1 Å². The molecule has 1 saturated carbocycles. The smallest absolute Gasteiger partial charge is 0.232 e.